The van der Waals surface area contributed by atoms with Crippen molar-refractivity contribution >= 4 is 11.4 Å². The number of hydrogen-bond acceptors (Lipinski definition) is 4. The van der Waals surface area contributed by atoms with E-state index in [0.29, 0.717) is 0 Å². The lowest BCUT2D eigenvalue weighted by Gasteiger charge is -2.26. The molecular weight excluding hydrogens is 384 g/mol. The number of phenolic OH excluding ortho intramolecular Hbond substituents is 2. The van der Waals surface area contributed by atoms with Crippen LogP contribution in [0, 0.1) is 0 Å². The quantitative estimate of drug-likeness (QED) is 0.313. The molecule has 6 N–H and O–H groups in total. The molecule has 0 aliphatic carbocycles. The van der Waals surface area contributed by atoms with Gasteiger partial charge in [-0.15, -0.1) is 0 Å². The van der Waals surface area contributed by atoms with Crippen molar-refractivity contribution in [1.29, 1.82) is 0 Å². The molecule has 0 heterocycles. The van der Waals surface area contributed by atoms with Gasteiger partial charge in [-0.2, -0.15) is 0 Å². The minimum atomic E-state index is -0.151. The zero-order valence-electron chi connectivity index (χ0n) is 17.8. The van der Waals surface area contributed by atoms with E-state index in [-0.39, 0.29) is 16.9 Å². The lowest BCUT2D eigenvalue weighted by molar-refractivity contribution is 0.474. The van der Waals surface area contributed by atoms with E-state index in [4.69, 9.17) is 11.5 Å². The second-order valence-corrected chi connectivity index (χ2v) is 7.96. The molecule has 4 nitrogen and oxygen atoms in total. The molecule has 0 atom stereocenters. The van der Waals surface area contributed by atoms with E-state index in [1.807, 2.05) is 72.8 Å². The van der Waals surface area contributed by atoms with Crippen molar-refractivity contribution < 1.29 is 10.2 Å². The Bertz CT molecular complexity index is 1010. The third-order valence-corrected chi connectivity index (χ3v) is 5.33. The van der Waals surface area contributed by atoms with Crippen LogP contribution in [0.4, 0.5) is 11.4 Å². The molecule has 31 heavy (non-hydrogen) atoms. The average Bonchev–Trinajstić information content (AvgIpc) is 2.76. The Hall–Kier alpha value is -3.92. The molecule has 4 aromatic rings. The lowest BCUT2D eigenvalue weighted by Crippen LogP contribution is -2.18. The number of nitrogens with two attached hydrogens (primary N) is 2. The minimum Gasteiger partial charge on any atom is -0.508 e. The maximum absolute atomic E-state index is 9.30. The van der Waals surface area contributed by atoms with Gasteiger partial charge in [0.15, 0.2) is 0 Å². The molecule has 0 saturated heterocycles. The second kappa shape index (κ2) is 9.26. The Labute approximate surface area is 183 Å². The van der Waals surface area contributed by atoms with E-state index in [2.05, 4.69) is 13.8 Å². The van der Waals surface area contributed by atoms with Crippen LogP contribution in [0.25, 0.3) is 11.1 Å². The fourth-order valence-corrected chi connectivity index (χ4v) is 3.27. The summed E-state index contributed by atoms with van der Waals surface area (Å²) in [7, 11) is 0. The summed E-state index contributed by atoms with van der Waals surface area (Å²) in [5.41, 5.74) is 17.2. The number of rotatable bonds is 3. The van der Waals surface area contributed by atoms with Gasteiger partial charge in [0.05, 0.1) is 0 Å². The van der Waals surface area contributed by atoms with Crippen molar-refractivity contribution in [3.05, 3.63) is 108 Å². The van der Waals surface area contributed by atoms with Crippen molar-refractivity contribution in [3.63, 3.8) is 0 Å². The van der Waals surface area contributed by atoms with Crippen LogP contribution in [-0.2, 0) is 5.41 Å². The third kappa shape index (κ3) is 5.58. The predicted octanol–water partition coefficient (Wildman–Crippen LogP) is 5.94. The van der Waals surface area contributed by atoms with Crippen LogP contribution < -0.4 is 11.5 Å². The van der Waals surface area contributed by atoms with Gasteiger partial charge in [0.2, 0.25) is 0 Å². The maximum atomic E-state index is 9.30. The number of nitrogen functional groups attached to an aromatic ring is 2. The van der Waals surface area contributed by atoms with E-state index in [1.54, 1.807) is 24.3 Å². The lowest BCUT2D eigenvalue weighted by atomic mass is 9.78. The molecule has 158 valence electrons. The zero-order chi connectivity index (χ0) is 22.4. The van der Waals surface area contributed by atoms with Gasteiger partial charge in [-0.25, -0.2) is 0 Å². The first-order chi connectivity index (χ1) is 14.8. The van der Waals surface area contributed by atoms with Gasteiger partial charge in [-0.05, 0) is 70.8 Å². The molecule has 0 amide bonds. The van der Waals surface area contributed by atoms with Crippen LogP contribution >= 0.6 is 0 Å². The first-order valence-electron chi connectivity index (χ1n) is 10.1. The third-order valence-electron chi connectivity index (χ3n) is 5.33. The summed E-state index contributed by atoms with van der Waals surface area (Å²) in [5, 5.41) is 18.6. The van der Waals surface area contributed by atoms with E-state index in [9.17, 15) is 10.2 Å². The van der Waals surface area contributed by atoms with Gasteiger partial charge in [0.25, 0.3) is 0 Å². The van der Waals surface area contributed by atoms with E-state index >= 15 is 0 Å². The number of benzene rings is 4. The number of hydrogen-bond donors (Lipinski definition) is 4. The van der Waals surface area contributed by atoms with Gasteiger partial charge >= 0.3 is 0 Å². The van der Waals surface area contributed by atoms with Crippen LogP contribution in [0.3, 0.4) is 0 Å². The van der Waals surface area contributed by atoms with Crippen molar-refractivity contribution in [3.8, 4) is 22.6 Å². The highest BCUT2D eigenvalue weighted by Crippen LogP contribution is 2.32. The standard InChI is InChI=1S/C15H16O2.C12H12N2/c1-15(2,11-3-7-13(16)8-4-11)12-5-9-14(17)10-6-12;13-11-5-1-9(2-6-11)10-3-7-12(14)8-4-10/h3-10,16-17H,1-2H3;1-8H,13-14H2. The molecule has 0 aromatic heterocycles. The molecule has 4 heteroatoms. The maximum Gasteiger partial charge on any atom is 0.115 e. The van der Waals surface area contributed by atoms with Gasteiger partial charge in [-0.1, -0.05) is 62.4 Å². The molecule has 0 fully saturated rings. The summed E-state index contributed by atoms with van der Waals surface area (Å²) >= 11 is 0. The predicted molar refractivity (Wildman–Crippen MR) is 129 cm³/mol. The highest BCUT2D eigenvalue weighted by molar-refractivity contribution is 5.67. The van der Waals surface area contributed by atoms with Crippen LogP contribution in [-0.4, -0.2) is 10.2 Å². The first kappa shape index (κ1) is 21.8. The molecule has 0 saturated carbocycles. The van der Waals surface area contributed by atoms with E-state index in [0.717, 1.165) is 33.6 Å². The number of anilines is 2. The highest BCUT2D eigenvalue weighted by Gasteiger charge is 2.22. The fourth-order valence-electron chi connectivity index (χ4n) is 3.27. The summed E-state index contributed by atoms with van der Waals surface area (Å²) in [4.78, 5) is 0. The molecular formula is C27H28N2O2. The largest absolute Gasteiger partial charge is 0.508 e. The monoisotopic (exact) mass is 412 g/mol. The van der Waals surface area contributed by atoms with Gasteiger partial charge in [0, 0.05) is 16.8 Å². The molecule has 0 unspecified atom stereocenters. The summed E-state index contributed by atoms with van der Waals surface area (Å²) < 4.78 is 0. The normalized spacial score (nSPS) is 10.8. The minimum absolute atomic E-state index is 0.151. The Kier molecular flexibility index (Phi) is 6.51. The SMILES string of the molecule is CC(C)(c1ccc(O)cc1)c1ccc(O)cc1.Nc1ccc(-c2ccc(N)cc2)cc1. The fraction of sp³-hybridized carbons (Fsp3) is 0.111. The molecule has 0 aliphatic heterocycles. The topological polar surface area (TPSA) is 92.5 Å². The Balaban J connectivity index is 0.000000179. The average molecular weight is 413 g/mol. The van der Waals surface area contributed by atoms with Crippen molar-refractivity contribution in [2.45, 2.75) is 19.3 Å². The second-order valence-electron chi connectivity index (χ2n) is 7.96. The summed E-state index contributed by atoms with van der Waals surface area (Å²) in [6, 6.07) is 30.0. The van der Waals surface area contributed by atoms with E-state index < -0.39 is 0 Å². The summed E-state index contributed by atoms with van der Waals surface area (Å²) in [5.74, 6) is 0.547. The van der Waals surface area contributed by atoms with Gasteiger partial charge in [-0.3, -0.25) is 0 Å². The molecule has 0 aliphatic rings. The van der Waals surface area contributed by atoms with Crippen molar-refractivity contribution in [2.75, 3.05) is 11.5 Å². The molecule has 4 aromatic carbocycles. The van der Waals surface area contributed by atoms with Crippen molar-refractivity contribution in [1.82, 2.24) is 0 Å². The van der Waals surface area contributed by atoms with Crippen LogP contribution in [0.5, 0.6) is 11.5 Å². The summed E-state index contributed by atoms with van der Waals surface area (Å²) in [6.07, 6.45) is 0. The van der Waals surface area contributed by atoms with Crippen LogP contribution in [0.2, 0.25) is 0 Å². The van der Waals surface area contributed by atoms with Crippen LogP contribution in [0.15, 0.2) is 97.1 Å². The molecule has 0 spiro atoms. The Morgan fingerprint density at radius 2 is 0.774 bits per heavy atom. The Morgan fingerprint density at radius 1 is 0.484 bits per heavy atom. The molecule has 4 rings (SSSR count). The van der Waals surface area contributed by atoms with Crippen molar-refractivity contribution in [2.24, 2.45) is 0 Å². The molecule has 0 bridgehead atoms. The van der Waals surface area contributed by atoms with E-state index in [1.165, 1.54) is 0 Å². The van der Waals surface area contributed by atoms with Gasteiger partial charge < -0.3 is 21.7 Å². The molecule has 0 radical (unpaired) electrons. The zero-order valence-corrected chi connectivity index (χ0v) is 17.8. The Morgan fingerprint density at radius 3 is 1.06 bits per heavy atom. The first-order valence-corrected chi connectivity index (χ1v) is 10.1. The summed E-state index contributed by atoms with van der Waals surface area (Å²) in [6.45, 7) is 4.23. The number of aromatic hydroxyl groups is 2. The smallest absolute Gasteiger partial charge is 0.115 e. The highest BCUT2D eigenvalue weighted by atomic mass is 16.3. The van der Waals surface area contributed by atoms with Gasteiger partial charge in [0.1, 0.15) is 11.5 Å². The van der Waals surface area contributed by atoms with Crippen LogP contribution in [0.1, 0.15) is 25.0 Å². The number of phenols is 2.